The molecule has 0 atom stereocenters. The minimum atomic E-state index is -0.840. The number of benzene rings is 3. The number of hydrogen-bond acceptors (Lipinski definition) is 5. The molecule has 1 aliphatic rings. The summed E-state index contributed by atoms with van der Waals surface area (Å²) in [4.78, 5) is 50.6. The lowest BCUT2D eigenvalue weighted by Crippen LogP contribution is -2.26. The number of fused-ring (bicyclic) bond motifs is 2. The van der Waals surface area contributed by atoms with Crippen LogP contribution < -0.4 is 5.32 Å². The van der Waals surface area contributed by atoms with E-state index in [2.05, 4.69) is 5.32 Å². The predicted molar refractivity (Wildman–Crippen MR) is 115 cm³/mol. The van der Waals surface area contributed by atoms with Crippen molar-refractivity contribution in [2.24, 2.45) is 0 Å². The van der Waals surface area contributed by atoms with Crippen LogP contribution in [0.4, 0.5) is 5.69 Å². The van der Waals surface area contributed by atoms with Crippen LogP contribution in [0, 0.1) is 13.8 Å². The van der Waals surface area contributed by atoms with Crippen LogP contribution in [-0.4, -0.2) is 30.0 Å². The van der Waals surface area contributed by atoms with Crippen LogP contribution in [0.1, 0.15) is 53.3 Å². The van der Waals surface area contributed by atoms with Gasteiger partial charge in [-0.05, 0) is 43.2 Å². The van der Waals surface area contributed by atoms with Gasteiger partial charge in [0.05, 0.1) is 5.56 Å². The van der Waals surface area contributed by atoms with Gasteiger partial charge >= 0.3 is 5.97 Å². The normalized spacial score (nSPS) is 12.1. The van der Waals surface area contributed by atoms with Crippen molar-refractivity contribution in [2.45, 2.75) is 13.8 Å². The standard InChI is InChI=1S/C25H19NO5/c1-14-10-11-16(12-15(14)2)26-21(27)13-31-25(30)20-9-5-8-19-22(20)24(29)18-7-4-3-6-17(18)23(19)28/h3-12H,13H2,1-2H3,(H,26,27). The Morgan fingerprint density at radius 1 is 0.806 bits per heavy atom. The van der Waals surface area contributed by atoms with Gasteiger partial charge in [-0.15, -0.1) is 0 Å². The van der Waals surface area contributed by atoms with E-state index >= 15 is 0 Å². The Kier molecular flexibility index (Phi) is 5.21. The average molecular weight is 413 g/mol. The van der Waals surface area contributed by atoms with Gasteiger partial charge in [0.2, 0.25) is 0 Å². The first kappa shape index (κ1) is 20.2. The van der Waals surface area contributed by atoms with Gasteiger partial charge in [-0.3, -0.25) is 14.4 Å². The number of carbonyl (C=O) groups is 4. The third-order valence-electron chi connectivity index (χ3n) is 5.30. The summed E-state index contributed by atoms with van der Waals surface area (Å²) in [5.74, 6) is -2.09. The molecule has 0 fully saturated rings. The summed E-state index contributed by atoms with van der Waals surface area (Å²) in [5.41, 5.74) is 3.38. The fraction of sp³-hybridized carbons (Fsp3) is 0.120. The molecule has 0 aromatic heterocycles. The first-order valence-electron chi connectivity index (χ1n) is 9.72. The Bertz CT molecular complexity index is 1260. The number of nitrogens with one attached hydrogen (secondary N) is 1. The number of aryl methyl sites for hydroxylation is 2. The zero-order valence-corrected chi connectivity index (χ0v) is 17.0. The highest BCUT2D eigenvalue weighted by Crippen LogP contribution is 2.29. The molecule has 0 aliphatic heterocycles. The van der Waals surface area contributed by atoms with Gasteiger partial charge in [-0.1, -0.05) is 42.5 Å². The number of ether oxygens (including phenoxy) is 1. The topological polar surface area (TPSA) is 89.5 Å². The first-order chi connectivity index (χ1) is 14.9. The van der Waals surface area contributed by atoms with E-state index < -0.39 is 24.3 Å². The van der Waals surface area contributed by atoms with Crippen molar-refractivity contribution in [1.29, 1.82) is 0 Å². The van der Waals surface area contributed by atoms with E-state index in [-0.39, 0.29) is 28.0 Å². The number of ketones is 2. The molecule has 6 heteroatoms. The van der Waals surface area contributed by atoms with E-state index in [1.165, 1.54) is 18.2 Å². The van der Waals surface area contributed by atoms with Crippen LogP contribution in [0.5, 0.6) is 0 Å². The summed E-state index contributed by atoms with van der Waals surface area (Å²) >= 11 is 0. The third kappa shape index (κ3) is 3.75. The van der Waals surface area contributed by atoms with Crippen molar-refractivity contribution in [2.75, 3.05) is 11.9 Å². The molecule has 0 unspecified atom stereocenters. The lowest BCUT2D eigenvalue weighted by molar-refractivity contribution is -0.119. The molecule has 3 aromatic carbocycles. The van der Waals surface area contributed by atoms with Crippen molar-refractivity contribution in [3.63, 3.8) is 0 Å². The maximum Gasteiger partial charge on any atom is 0.339 e. The van der Waals surface area contributed by atoms with Crippen molar-refractivity contribution in [1.82, 2.24) is 0 Å². The maximum absolute atomic E-state index is 13.0. The number of amides is 1. The monoisotopic (exact) mass is 413 g/mol. The van der Waals surface area contributed by atoms with Gasteiger partial charge in [-0.2, -0.15) is 0 Å². The molecule has 0 spiro atoms. The second-order valence-electron chi connectivity index (χ2n) is 7.36. The highest BCUT2D eigenvalue weighted by molar-refractivity contribution is 6.30. The number of hydrogen-bond donors (Lipinski definition) is 1. The van der Waals surface area contributed by atoms with Crippen LogP contribution in [0.25, 0.3) is 0 Å². The SMILES string of the molecule is Cc1ccc(NC(=O)COC(=O)c2cccc3c2C(=O)c2ccccc2C3=O)cc1C. The van der Waals surface area contributed by atoms with Crippen molar-refractivity contribution in [3.8, 4) is 0 Å². The summed E-state index contributed by atoms with van der Waals surface area (Å²) < 4.78 is 5.14. The van der Waals surface area contributed by atoms with Crippen LogP contribution in [-0.2, 0) is 9.53 Å². The maximum atomic E-state index is 13.0. The van der Waals surface area contributed by atoms with Crippen LogP contribution in [0.15, 0.2) is 60.7 Å². The fourth-order valence-electron chi connectivity index (χ4n) is 3.54. The molecule has 31 heavy (non-hydrogen) atoms. The van der Waals surface area contributed by atoms with Crippen LogP contribution in [0.2, 0.25) is 0 Å². The second-order valence-corrected chi connectivity index (χ2v) is 7.36. The lowest BCUT2D eigenvalue weighted by Gasteiger charge is -2.19. The Balaban J connectivity index is 1.52. The Morgan fingerprint density at radius 3 is 2.19 bits per heavy atom. The Labute approximate surface area is 178 Å². The Hall–Kier alpha value is -4.06. The predicted octanol–water partition coefficient (Wildman–Crippen LogP) is 3.87. The highest BCUT2D eigenvalue weighted by Gasteiger charge is 2.33. The zero-order valence-electron chi connectivity index (χ0n) is 17.0. The van der Waals surface area contributed by atoms with Crippen LogP contribution >= 0.6 is 0 Å². The molecule has 0 saturated heterocycles. The van der Waals surface area contributed by atoms with Gasteiger partial charge in [0.15, 0.2) is 18.2 Å². The molecule has 1 aliphatic carbocycles. The molecule has 0 heterocycles. The molecule has 3 aromatic rings. The average Bonchev–Trinajstić information content (AvgIpc) is 2.78. The molecular weight excluding hydrogens is 394 g/mol. The van der Waals surface area contributed by atoms with Crippen molar-refractivity contribution < 1.29 is 23.9 Å². The van der Waals surface area contributed by atoms with Crippen molar-refractivity contribution >= 4 is 29.1 Å². The number of esters is 1. The van der Waals surface area contributed by atoms with Gasteiger partial charge in [0, 0.05) is 27.9 Å². The third-order valence-corrected chi connectivity index (χ3v) is 5.30. The van der Waals surface area contributed by atoms with E-state index in [9.17, 15) is 19.2 Å². The van der Waals surface area contributed by atoms with Gasteiger partial charge in [-0.25, -0.2) is 4.79 Å². The number of rotatable bonds is 4. The molecule has 4 rings (SSSR count). The largest absolute Gasteiger partial charge is 0.452 e. The Morgan fingerprint density at radius 2 is 1.48 bits per heavy atom. The van der Waals surface area contributed by atoms with E-state index in [4.69, 9.17) is 4.74 Å². The summed E-state index contributed by atoms with van der Waals surface area (Å²) in [5, 5.41) is 2.67. The summed E-state index contributed by atoms with van der Waals surface area (Å²) in [7, 11) is 0. The van der Waals surface area contributed by atoms with E-state index in [1.807, 2.05) is 26.0 Å². The zero-order chi connectivity index (χ0) is 22.1. The molecular formula is C25H19NO5. The molecule has 154 valence electrons. The quantitative estimate of drug-likeness (QED) is 0.513. The van der Waals surface area contributed by atoms with E-state index in [1.54, 1.807) is 30.3 Å². The minimum absolute atomic E-state index is 0.00534. The summed E-state index contributed by atoms with van der Waals surface area (Å²) in [6, 6.07) is 16.4. The smallest absolute Gasteiger partial charge is 0.339 e. The summed E-state index contributed by atoms with van der Waals surface area (Å²) in [6.07, 6.45) is 0. The van der Waals surface area contributed by atoms with Crippen LogP contribution in [0.3, 0.4) is 0 Å². The van der Waals surface area contributed by atoms with Crippen molar-refractivity contribution in [3.05, 3.63) is 99.6 Å². The molecule has 0 radical (unpaired) electrons. The van der Waals surface area contributed by atoms with Gasteiger partial charge in [0.1, 0.15) is 0 Å². The van der Waals surface area contributed by atoms with Gasteiger partial charge in [0.25, 0.3) is 5.91 Å². The molecule has 6 nitrogen and oxygen atoms in total. The fourth-order valence-corrected chi connectivity index (χ4v) is 3.54. The summed E-state index contributed by atoms with van der Waals surface area (Å²) in [6.45, 7) is 3.38. The van der Waals surface area contributed by atoms with Gasteiger partial charge < -0.3 is 10.1 Å². The minimum Gasteiger partial charge on any atom is -0.452 e. The molecule has 0 bridgehead atoms. The first-order valence-corrected chi connectivity index (χ1v) is 9.72. The highest BCUT2D eigenvalue weighted by atomic mass is 16.5. The van der Waals surface area contributed by atoms with E-state index in [0.29, 0.717) is 11.3 Å². The molecule has 1 amide bonds. The molecule has 0 saturated carbocycles. The lowest BCUT2D eigenvalue weighted by atomic mass is 9.82. The number of anilines is 1. The van der Waals surface area contributed by atoms with E-state index in [0.717, 1.165) is 11.1 Å². The molecule has 1 N–H and O–H groups in total. The second kappa shape index (κ2) is 7.99. The number of carbonyl (C=O) groups excluding carboxylic acids is 4.